The van der Waals surface area contributed by atoms with Crippen LogP contribution >= 0.6 is 0 Å². The summed E-state index contributed by atoms with van der Waals surface area (Å²) >= 11 is 0. The molecule has 11 heteroatoms. The van der Waals surface area contributed by atoms with Gasteiger partial charge in [0.1, 0.15) is 12.2 Å². The van der Waals surface area contributed by atoms with Gasteiger partial charge in [-0.05, 0) is 33.3 Å². The summed E-state index contributed by atoms with van der Waals surface area (Å²) in [6.45, 7) is 6.91. The first-order valence-corrected chi connectivity index (χ1v) is 9.47. The van der Waals surface area contributed by atoms with Crippen LogP contribution in [-0.4, -0.2) is 30.4 Å². The molecular weight excluding hydrogens is 410 g/mol. The molecule has 0 bridgehead atoms. The molecule has 1 amide bonds. The Labute approximate surface area is 176 Å². The van der Waals surface area contributed by atoms with E-state index in [9.17, 15) is 23.7 Å². The maximum Gasteiger partial charge on any atom is 0.319 e. The zero-order chi connectivity index (χ0) is 22.9. The summed E-state index contributed by atoms with van der Waals surface area (Å²) in [6, 6.07) is 8.00. The quantitative estimate of drug-likeness (QED) is 0.451. The normalized spacial score (nSPS) is 11.2. The molecule has 3 aromatic rings. The highest BCUT2D eigenvalue weighted by molar-refractivity contribution is 5.91. The van der Waals surface area contributed by atoms with Gasteiger partial charge in [0.05, 0.1) is 28.5 Å². The summed E-state index contributed by atoms with van der Waals surface area (Å²) in [5.74, 6) is -0.553. The maximum atomic E-state index is 13.1. The standard InChI is InChI=1S/C20H22F2N6O3/c1-11-5-7-15(8-6-11)9-26-13(3)17(12(2)24-26)23-16(29)10-27-14(4)19(28(30)31)18(25-27)20(21)22/h5-8,20H,9-10H2,1-4H3,(H,23,29). The summed E-state index contributed by atoms with van der Waals surface area (Å²) in [6.07, 6.45) is -3.12. The third kappa shape index (κ3) is 4.60. The van der Waals surface area contributed by atoms with Crippen LogP contribution in [-0.2, 0) is 17.9 Å². The second-order valence-corrected chi connectivity index (χ2v) is 7.27. The van der Waals surface area contributed by atoms with E-state index in [1.54, 1.807) is 11.6 Å². The van der Waals surface area contributed by atoms with E-state index in [2.05, 4.69) is 15.5 Å². The number of amides is 1. The van der Waals surface area contributed by atoms with Gasteiger partial charge < -0.3 is 5.32 Å². The predicted molar refractivity (Wildman–Crippen MR) is 109 cm³/mol. The van der Waals surface area contributed by atoms with Crippen LogP contribution in [0.3, 0.4) is 0 Å². The first-order chi connectivity index (χ1) is 14.6. The van der Waals surface area contributed by atoms with Crippen LogP contribution in [0.5, 0.6) is 0 Å². The summed E-state index contributed by atoms with van der Waals surface area (Å²) in [7, 11) is 0. The fourth-order valence-corrected chi connectivity index (χ4v) is 3.30. The van der Waals surface area contributed by atoms with E-state index in [1.165, 1.54) is 6.92 Å². The Morgan fingerprint density at radius 3 is 2.29 bits per heavy atom. The van der Waals surface area contributed by atoms with E-state index < -0.39 is 35.2 Å². The van der Waals surface area contributed by atoms with Crippen LogP contribution in [0.1, 0.15) is 40.3 Å². The number of carbonyl (C=O) groups is 1. The Morgan fingerprint density at radius 2 is 1.74 bits per heavy atom. The number of anilines is 1. The molecule has 31 heavy (non-hydrogen) atoms. The van der Waals surface area contributed by atoms with Crippen molar-refractivity contribution in [3.8, 4) is 0 Å². The molecule has 1 N–H and O–H groups in total. The molecule has 164 valence electrons. The first-order valence-electron chi connectivity index (χ1n) is 9.47. The molecule has 0 unspecified atom stereocenters. The molecule has 0 saturated carbocycles. The van der Waals surface area contributed by atoms with Gasteiger partial charge >= 0.3 is 5.69 Å². The minimum Gasteiger partial charge on any atom is -0.321 e. The van der Waals surface area contributed by atoms with E-state index in [4.69, 9.17) is 0 Å². The van der Waals surface area contributed by atoms with Gasteiger partial charge in [-0.2, -0.15) is 10.2 Å². The SMILES string of the molecule is Cc1ccc(Cn2nc(C)c(NC(=O)Cn3nc(C(F)F)c([N+](=O)[O-])c3C)c2C)cc1. The van der Waals surface area contributed by atoms with Crippen molar-refractivity contribution in [1.29, 1.82) is 0 Å². The molecule has 0 saturated heterocycles. The third-order valence-corrected chi connectivity index (χ3v) is 4.98. The number of rotatable bonds is 7. The van der Waals surface area contributed by atoms with Crippen molar-refractivity contribution in [1.82, 2.24) is 19.6 Å². The minimum absolute atomic E-state index is 0.112. The molecular formula is C20H22F2N6O3. The van der Waals surface area contributed by atoms with Crippen molar-refractivity contribution in [2.24, 2.45) is 0 Å². The van der Waals surface area contributed by atoms with E-state index >= 15 is 0 Å². The van der Waals surface area contributed by atoms with E-state index in [-0.39, 0.29) is 5.69 Å². The molecule has 2 heterocycles. The van der Waals surface area contributed by atoms with Crippen molar-refractivity contribution in [2.75, 3.05) is 5.32 Å². The minimum atomic E-state index is -3.12. The van der Waals surface area contributed by atoms with Gasteiger partial charge in [-0.1, -0.05) is 29.8 Å². The van der Waals surface area contributed by atoms with Gasteiger partial charge in [-0.3, -0.25) is 24.3 Å². The molecule has 0 atom stereocenters. The number of alkyl halides is 2. The summed E-state index contributed by atoms with van der Waals surface area (Å²) in [5.41, 5.74) is 2.18. The molecule has 0 spiro atoms. The van der Waals surface area contributed by atoms with Crippen LogP contribution in [0, 0.1) is 37.8 Å². The van der Waals surface area contributed by atoms with Crippen LogP contribution in [0.25, 0.3) is 0 Å². The van der Waals surface area contributed by atoms with Gasteiger partial charge in [0, 0.05) is 0 Å². The number of aryl methyl sites for hydroxylation is 2. The summed E-state index contributed by atoms with van der Waals surface area (Å²) in [5, 5.41) is 21.9. The van der Waals surface area contributed by atoms with Crippen molar-refractivity contribution in [3.63, 3.8) is 0 Å². The number of carbonyl (C=O) groups excluding carboxylic acids is 1. The number of hydrogen-bond donors (Lipinski definition) is 1. The van der Waals surface area contributed by atoms with Crippen molar-refractivity contribution in [3.05, 3.63) is 68.3 Å². The molecule has 0 fully saturated rings. The second kappa shape index (κ2) is 8.62. The number of nitrogens with zero attached hydrogens (tertiary/aromatic N) is 5. The Bertz CT molecular complexity index is 1130. The van der Waals surface area contributed by atoms with Crippen LogP contribution < -0.4 is 5.32 Å². The first kappa shape index (κ1) is 22.1. The highest BCUT2D eigenvalue weighted by atomic mass is 19.3. The highest BCUT2D eigenvalue weighted by Gasteiger charge is 2.31. The smallest absolute Gasteiger partial charge is 0.319 e. The van der Waals surface area contributed by atoms with Gasteiger partial charge in [0.25, 0.3) is 6.43 Å². The number of nitrogens with one attached hydrogen (secondary N) is 1. The number of halogens is 2. The molecule has 0 aliphatic heterocycles. The lowest BCUT2D eigenvalue weighted by Crippen LogP contribution is -2.21. The molecule has 1 aromatic carbocycles. The lowest BCUT2D eigenvalue weighted by atomic mass is 10.1. The van der Waals surface area contributed by atoms with Crippen molar-refractivity contribution >= 4 is 17.3 Å². The summed E-state index contributed by atoms with van der Waals surface area (Å²) < 4.78 is 28.8. The Balaban J connectivity index is 1.78. The zero-order valence-corrected chi connectivity index (χ0v) is 17.5. The van der Waals surface area contributed by atoms with E-state index in [1.807, 2.05) is 38.1 Å². The Kier molecular flexibility index (Phi) is 6.14. The maximum absolute atomic E-state index is 13.1. The average Bonchev–Trinajstić information content (AvgIpc) is 3.15. The fraction of sp³-hybridized carbons (Fsp3) is 0.350. The summed E-state index contributed by atoms with van der Waals surface area (Å²) in [4.78, 5) is 22.7. The zero-order valence-electron chi connectivity index (χ0n) is 17.5. The Morgan fingerprint density at radius 1 is 1.10 bits per heavy atom. The van der Waals surface area contributed by atoms with Gasteiger partial charge in [-0.15, -0.1) is 0 Å². The molecule has 0 aliphatic carbocycles. The van der Waals surface area contributed by atoms with Crippen LogP contribution in [0.15, 0.2) is 24.3 Å². The lowest BCUT2D eigenvalue weighted by molar-refractivity contribution is -0.386. The molecule has 0 radical (unpaired) electrons. The van der Waals surface area contributed by atoms with Crippen molar-refractivity contribution < 1.29 is 18.5 Å². The third-order valence-electron chi connectivity index (χ3n) is 4.98. The number of hydrogen-bond acceptors (Lipinski definition) is 5. The average molecular weight is 432 g/mol. The fourth-order valence-electron chi connectivity index (χ4n) is 3.30. The number of benzene rings is 1. The van der Waals surface area contributed by atoms with Gasteiger partial charge in [0.15, 0.2) is 0 Å². The van der Waals surface area contributed by atoms with Crippen molar-refractivity contribution in [2.45, 2.75) is 47.2 Å². The van der Waals surface area contributed by atoms with E-state index in [0.717, 1.165) is 21.5 Å². The molecule has 9 nitrogen and oxygen atoms in total. The molecule has 3 rings (SSSR count). The Hall–Kier alpha value is -3.63. The van der Waals surface area contributed by atoms with Gasteiger partial charge in [-0.25, -0.2) is 8.78 Å². The number of nitro groups is 1. The monoisotopic (exact) mass is 432 g/mol. The molecule has 0 aliphatic rings. The van der Waals surface area contributed by atoms with Gasteiger partial charge in [0.2, 0.25) is 11.6 Å². The topological polar surface area (TPSA) is 108 Å². The number of aromatic nitrogens is 4. The highest BCUT2D eigenvalue weighted by Crippen LogP contribution is 2.31. The second-order valence-electron chi connectivity index (χ2n) is 7.27. The molecule has 2 aromatic heterocycles. The van der Waals surface area contributed by atoms with Crippen LogP contribution in [0.4, 0.5) is 20.2 Å². The largest absolute Gasteiger partial charge is 0.321 e. The lowest BCUT2D eigenvalue weighted by Gasteiger charge is -2.08. The van der Waals surface area contributed by atoms with E-state index in [0.29, 0.717) is 17.9 Å². The van der Waals surface area contributed by atoms with Crippen LogP contribution in [0.2, 0.25) is 0 Å². The predicted octanol–water partition coefficient (Wildman–Crippen LogP) is 3.85.